The zero-order valence-corrected chi connectivity index (χ0v) is 12.1. The number of hydrogen-bond donors (Lipinski definition) is 3. The minimum Gasteiger partial charge on any atom is -0.460 e. The highest BCUT2D eigenvalue weighted by Crippen LogP contribution is 2.23. The van der Waals surface area contributed by atoms with Gasteiger partial charge in [0.2, 0.25) is 5.91 Å². The molecule has 0 aromatic carbocycles. The molecule has 1 amide bonds. The topological polar surface area (TPSA) is 83.0 Å². The summed E-state index contributed by atoms with van der Waals surface area (Å²) < 4.78 is 5.62. The van der Waals surface area contributed by atoms with Gasteiger partial charge in [0.1, 0.15) is 11.5 Å². The van der Waals surface area contributed by atoms with Crippen molar-refractivity contribution in [2.45, 2.75) is 38.8 Å². The van der Waals surface area contributed by atoms with Crippen LogP contribution in [0.1, 0.15) is 30.6 Å². The van der Waals surface area contributed by atoms with Crippen LogP contribution >= 0.6 is 0 Å². The first-order valence-corrected chi connectivity index (χ1v) is 7.34. The van der Waals surface area contributed by atoms with Gasteiger partial charge < -0.3 is 15.1 Å². The molecule has 0 aliphatic carbocycles. The maximum atomic E-state index is 11.9. The highest BCUT2D eigenvalue weighted by atomic mass is 16.3. The Bertz CT molecular complexity index is 617. The number of aromatic nitrogens is 2. The van der Waals surface area contributed by atoms with Crippen molar-refractivity contribution < 1.29 is 9.21 Å². The molecular formula is C15H20N4O2. The number of hydrogen-bond acceptors (Lipinski definition) is 4. The van der Waals surface area contributed by atoms with E-state index < -0.39 is 0 Å². The van der Waals surface area contributed by atoms with Gasteiger partial charge in [0, 0.05) is 18.7 Å². The predicted molar refractivity (Wildman–Crippen MR) is 78.5 cm³/mol. The number of amides is 1. The summed E-state index contributed by atoms with van der Waals surface area (Å²) in [5.74, 6) is 1.72. The van der Waals surface area contributed by atoms with E-state index in [-0.39, 0.29) is 11.9 Å². The SMILES string of the molecule is Cc1ccc(-c2[nH]ncc2CNC2CCCCNC2=O)o1. The van der Waals surface area contributed by atoms with Crippen LogP contribution in [0.3, 0.4) is 0 Å². The first-order valence-electron chi connectivity index (χ1n) is 7.34. The number of carbonyl (C=O) groups excluding carboxylic acids is 1. The lowest BCUT2D eigenvalue weighted by atomic mass is 10.1. The van der Waals surface area contributed by atoms with Gasteiger partial charge in [-0.1, -0.05) is 0 Å². The highest BCUT2D eigenvalue weighted by molar-refractivity contribution is 5.81. The molecule has 0 bridgehead atoms. The molecular weight excluding hydrogens is 268 g/mol. The monoisotopic (exact) mass is 288 g/mol. The summed E-state index contributed by atoms with van der Waals surface area (Å²) >= 11 is 0. The van der Waals surface area contributed by atoms with Crippen LogP contribution in [0, 0.1) is 6.92 Å². The largest absolute Gasteiger partial charge is 0.460 e. The van der Waals surface area contributed by atoms with Gasteiger partial charge in [-0.15, -0.1) is 0 Å². The summed E-state index contributed by atoms with van der Waals surface area (Å²) in [4.78, 5) is 11.9. The molecule has 2 aromatic rings. The van der Waals surface area contributed by atoms with E-state index in [1.54, 1.807) is 6.20 Å². The lowest BCUT2D eigenvalue weighted by Crippen LogP contribution is -2.42. The minimum atomic E-state index is -0.131. The number of nitrogens with zero attached hydrogens (tertiary/aromatic N) is 1. The van der Waals surface area contributed by atoms with Gasteiger partial charge in [0.15, 0.2) is 5.76 Å². The van der Waals surface area contributed by atoms with E-state index in [1.807, 2.05) is 19.1 Å². The standard InChI is InChI=1S/C15H20N4O2/c1-10-5-6-13(21-10)14-11(9-18-19-14)8-17-12-4-2-3-7-16-15(12)20/h5-6,9,12,17H,2-4,7-8H2,1H3,(H,16,20)(H,18,19). The van der Waals surface area contributed by atoms with Crippen LogP contribution in [0.4, 0.5) is 0 Å². The van der Waals surface area contributed by atoms with Crippen molar-refractivity contribution >= 4 is 5.91 Å². The van der Waals surface area contributed by atoms with Crippen LogP contribution in [0.2, 0.25) is 0 Å². The Morgan fingerprint density at radius 1 is 1.43 bits per heavy atom. The molecule has 6 heteroatoms. The van der Waals surface area contributed by atoms with E-state index >= 15 is 0 Å². The van der Waals surface area contributed by atoms with E-state index in [2.05, 4.69) is 20.8 Å². The molecule has 3 heterocycles. The van der Waals surface area contributed by atoms with Crippen LogP contribution in [-0.2, 0) is 11.3 Å². The Balaban J connectivity index is 1.68. The van der Waals surface area contributed by atoms with Crippen LogP contribution in [0.5, 0.6) is 0 Å². The number of rotatable bonds is 4. The smallest absolute Gasteiger partial charge is 0.237 e. The maximum absolute atomic E-state index is 11.9. The van der Waals surface area contributed by atoms with Crippen LogP contribution < -0.4 is 10.6 Å². The number of aryl methyl sites for hydroxylation is 1. The second kappa shape index (κ2) is 6.13. The van der Waals surface area contributed by atoms with Crippen molar-refractivity contribution in [3.63, 3.8) is 0 Å². The van der Waals surface area contributed by atoms with Gasteiger partial charge in [0.05, 0.1) is 12.2 Å². The summed E-state index contributed by atoms with van der Waals surface area (Å²) in [6.07, 6.45) is 4.76. The van der Waals surface area contributed by atoms with Gasteiger partial charge >= 0.3 is 0 Å². The highest BCUT2D eigenvalue weighted by Gasteiger charge is 2.21. The van der Waals surface area contributed by atoms with E-state index in [1.165, 1.54) is 0 Å². The first-order chi connectivity index (χ1) is 10.2. The third-order valence-corrected chi connectivity index (χ3v) is 3.78. The quantitative estimate of drug-likeness (QED) is 0.800. The predicted octanol–water partition coefficient (Wildman–Crippen LogP) is 1.74. The maximum Gasteiger partial charge on any atom is 0.237 e. The average molecular weight is 288 g/mol. The van der Waals surface area contributed by atoms with Crippen molar-refractivity contribution in [1.82, 2.24) is 20.8 Å². The lowest BCUT2D eigenvalue weighted by Gasteiger charge is -2.14. The van der Waals surface area contributed by atoms with Crippen LogP contribution in [-0.4, -0.2) is 28.7 Å². The molecule has 112 valence electrons. The zero-order chi connectivity index (χ0) is 14.7. The molecule has 1 aliphatic heterocycles. The Morgan fingerprint density at radius 3 is 3.14 bits per heavy atom. The molecule has 1 saturated heterocycles. The molecule has 21 heavy (non-hydrogen) atoms. The number of aromatic amines is 1. The summed E-state index contributed by atoms with van der Waals surface area (Å²) in [5, 5.41) is 13.3. The molecule has 2 aromatic heterocycles. The average Bonchev–Trinajstić information content (AvgIpc) is 3.05. The van der Waals surface area contributed by atoms with E-state index in [9.17, 15) is 4.79 Å². The Labute approximate surface area is 123 Å². The summed E-state index contributed by atoms with van der Waals surface area (Å²) in [5.41, 5.74) is 1.87. The van der Waals surface area contributed by atoms with Crippen molar-refractivity contribution in [1.29, 1.82) is 0 Å². The Hall–Kier alpha value is -2.08. The number of furan rings is 1. The fourth-order valence-electron chi connectivity index (χ4n) is 2.59. The molecule has 6 nitrogen and oxygen atoms in total. The lowest BCUT2D eigenvalue weighted by molar-refractivity contribution is -0.122. The molecule has 1 unspecified atom stereocenters. The third-order valence-electron chi connectivity index (χ3n) is 3.78. The molecule has 1 aliphatic rings. The summed E-state index contributed by atoms with van der Waals surface area (Å²) in [6.45, 7) is 3.27. The molecule has 0 spiro atoms. The fourth-order valence-corrected chi connectivity index (χ4v) is 2.59. The zero-order valence-electron chi connectivity index (χ0n) is 12.1. The molecule has 1 atom stereocenters. The molecule has 3 N–H and O–H groups in total. The second-order valence-corrected chi connectivity index (χ2v) is 5.40. The van der Waals surface area contributed by atoms with E-state index in [0.717, 1.165) is 48.6 Å². The number of nitrogens with one attached hydrogen (secondary N) is 3. The van der Waals surface area contributed by atoms with Crippen molar-refractivity contribution in [3.05, 3.63) is 29.7 Å². The minimum absolute atomic E-state index is 0.0892. The van der Waals surface area contributed by atoms with Crippen molar-refractivity contribution in [2.24, 2.45) is 0 Å². The molecule has 1 fully saturated rings. The summed E-state index contributed by atoms with van der Waals surface area (Å²) in [6, 6.07) is 3.71. The summed E-state index contributed by atoms with van der Waals surface area (Å²) in [7, 11) is 0. The first kappa shape index (κ1) is 13.9. The van der Waals surface area contributed by atoms with Crippen LogP contribution in [0.25, 0.3) is 11.5 Å². The Kier molecular flexibility index (Phi) is 4.06. The Morgan fingerprint density at radius 2 is 2.33 bits per heavy atom. The van der Waals surface area contributed by atoms with Crippen molar-refractivity contribution in [2.75, 3.05) is 6.54 Å². The molecule has 0 saturated carbocycles. The van der Waals surface area contributed by atoms with Gasteiger partial charge in [-0.3, -0.25) is 9.89 Å². The van der Waals surface area contributed by atoms with Gasteiger partial charge in [-0.2, -0.15) is 5.10 Å². The van der Waals surface area contributed by atoms with Crippen LogP contribution in [0.15, 0.2) is 22.7 Å². The van der Waals surface area contributed by atoms with E-state index in [0.29, 0.717) is 6.54 Å². The molecule has 3 rings (SSSR count). The van der Waals surface area contributed by atoms with E-state index in [4.69, 9.17) is 4.42 Å². The van der Waals surface area contributed by atoms with Gasteiger partial charge in [0.25, 0.3) is 0 Å². The normalized spacial score (nSPS) is 19.3. The van der Waals surface area contributed by atoms with Crippen molar-refractivity contribution in [3.8, 4) is 11.5 Å². The van der Waals surface area contributed by atoms with Gasteiger partial charge in [-0.05, 0) is 38.3 Å². The second-order valence-electron chi connectivity index (χ2n) is 5.40. The number of H-pyrrole nitrogens is 1. The third kappa shape index (κ3) is 3.16. The number of carbonyl (C=O) groups is 1. The fraction of sp³-hybridized carbons (Fsp3) is 0.467. The molecule has 0 radical (unpaired) electrons. The van der Waals surface area contributed by atoms with Gasteiger partial charge in [-0.25, -0.2) is 0 Å².